The molecule has 1 aromatic carbocycles. The summed E-state index contributed by atoms with van der Waals surface area (Å²) in [4.78, 5) is 22.8. The van der Waals surface area contributed by atoms with Crippen molar-refractivity contribution >= 4 is 23.5 Å². The number of hydrogen-bond donors (Lipinski definition) is 4. The molecule has 2 rings (SSSR count). The van der Waals surface area contributed by atoms with Gasteiger partial charge in [0.25, 0.3) is 0 Å². The third-order valence-electron chi connectivity index (χ3n) is 5.25. The maximum absolute atomic E-state index is 12.2. The summed E-state index contributed by atoms with van der Waals surface area (Å²) in [5.41, 5.74) is 1.64. The van der Waals surface area contributed by atoms with E-state index >= 15 is 0 Å². The van der Waals surface area contributed by atoms with E-state index in [1.54, 1.807) is 43.0 Å². The van der Waals surface area contributed by atoms with Crippen LogP contribution in [0.3, 0.4) is 0 Å². The molecule has 0 heterocycles. The summed E-state index contributed by atoms with van der Waals surface area (Å²) >= 11 is 1.62. The second-order valence-electron chi connectivity index (χ2n) is 7.60. The van der Waals surface area contributed by atoms with Crippen molar-refractivity contribution in [1.82, 2.24) is 0 Å². The Morgan fingerprint density at radius 3 is 2.79 bits per heavy atom. The number of aliphatic carboxylic acids is 1. The summed E-state index contributed by atoms with van der Waals surface area (Å²) < 4.78 is 0. The molecule has 0 saturated heterocycles. The third-order valence-corrected chi connectivity index (χ3v) is 6.35. The van der Waals surface area contributed by atoms with Crippen molar-refractivity contribution in [2.75, 3.05) is 11.5 Å². The van der Waals surface area contributed by atoms with Crippen molar-refractivity contribution in [3.05, 3.63) is 41.5 Å². The van der Waals surface area contributed by atoms with E-state index in [4.69, 9.17) is 5.11 Å². The highest BCUT2D eigenvalue weighted by Gasteiger charge is 2.39. The first-order valence-corrected chi connectivity index (χ1v) is 11.1. The predicted octanol–water partition coefficient (Wildman–Crippen LogP) is 2.71. The summed E-state index contributed by atoms with van der Waals surface area (Å²) in [6.45, 7) is 1.80. The highest BCUT2D eigenvalue weighted by Crippen LogP contribution is 2.34. The second-order valence-corrected chi connectivity index (χ2v) is 8.82. The molecule has 6 nitrogen and oxygen atoms in total. The quantitative estimate of drug-likeness (QED) is 0.320. The smallest absolute Gasteiger partial charge is 0.303 e. The maximum atomic E-state index is 12.2. The number of aliphatic hydroxyl groups is 2. The van der Waals surface area contributed by atoms with E-state index in [9.17, 15) is 24.9 Å². The van der Waals surface area contributed by atoms with E-state index in [0.29, 0.717) is 19.3 Å². The largest absolute Gasteiger partial charge is 0.508 e. The molecule has 1 fully saturated rings. The monoisotopic (exact) mass is 422 g/mol. The number of aliphatic hydroxyl groups excluding tert-OH is 2. The van der Waals surface area contributed by atoms with Gasteiger partial charge in [-0.25, -0.2) is 0 Å². The van der Waals surface area contributed by atoms with Gasteiger partial charge in [-0.2, -0.15) is 11.8 Å². The molecule has 1 aliphatic carbocycles. The number of carbonyl (C=O) groups excluding carboxylic acids is 1. The lowest BCUT2D eigenvalue weighted by molar-refractivity contribution is -0.137. The molecule has 0 unspecified atom stereocenters. The molecular formula is C22H30O6S. The van der Waals surface area contributed by atoms with Crippen LogP contribution in [0.4, 0.5) is 0 Å². The van der Waals surface area contributed by atoms with Gasteiger partial charge in [0.1, 0.15) is 11.5 Å². The van der Waals surface area contributed by atoms with Gasteiger partial charge in [0.05, 0.1) is 12.2 Å². The minimum Gasteiger partial charge on any atom is -0.508 e. The Hall–Kier alpha value is -1.83. The van der Waals surface area contributed by atoms with Gasteiger partial charge in [-0.3, -0.25) is 9.59 Å². The van der Waals surface area contributed by atoms with Gasteiger partial charge in [0.2, 0.25) is 0 Å². The highest BCUT2D eigenvalue weighted by atomic mass is 32.2. The van der Waals surface area contributed by atoms with Crippen molar-refractivity contribution < 1.29 is 30.0 Å². The molecule has 0 amide bonds. The van der Waals surface area contributed by atoms with Crippen LogP contribution in [0.2, 0.25) is 0 Å². The van der Waals surface area contributed by atoms with Crippen molar-refractivity contribution in [3.8, 4) is 5.75 Å². The lowest BCUT2D eigenvalue weighted by Crippen LogP contribution is -2.20. The van der Waals surface area contributed by atoms with Gasteiger partial charge in [-0.15, -0.1) is 0 Å². The number of aryl methyl sites for hydroxylation is 1. The zero-order valence-electron chi connectivity index (χ0n) is 16.7. The first kappa shape index (κ1) is 23.4. The number of benzene rings is 1. The number of phenols is 1. The Bertz CT molecular complexity index is 732. The SMILES string of the molecule is Cc1cc(C[C@H](O)/C=C/[C@@H]2[C@H](O)CC(=O)[C@@H]2CCSCCCC(=O)O)ccc1O. The molecule has 160 valence electrons. The molecule has 0 bridgehead atoms. The van der Waals surface area contributed by atoms with Crippen LogP contribution in [-0.2, 0) is 16.0 Å². The fourth-order valence-corrected chi connectivity index (χ4v) is 4.61. The van der Waals surface area contributed by atoms with Gasteiger partial charge >= 0.3 is 5.97 Å². The number of carboxylic acids is 1. The molecule has 29 heavy (non-hydrogen) atoms. The highest BCUT2D eigenvalue weighted by molar-refractivity contribution is 7.99. The summed E-state index contributed by atoms with van der Waals surface area (Å²) in [5, 5.41) is 38.8. The Morgan fingerprint density at radius 1 is 1.34 bits per heavy atom. The average molecular weight is 423 g/mol. The Morgan fingerprint density at radius 2 is 2.10 bits per heavy atom. The molecule has 1 aromatic rings. The fraction of sp³-hybridized carbons (Fsp3) is 0.545. The van der Waals surface area contributed by atoms with Gasteiger partial charge < -0.3 is 20.4 Å². The van der Waals surface area contributed by atoms with E-state index in [1.165, 1.54) is 0 Å². The summed E-state index contributed by atoms with van der Waals surface area (Å²) in [5.74, 6) is 0.362. The molecule has 0 spiro atoms. The summed E-state index contributed by atoms with van der Waals surface area (Å²) in [6.07, 6.45) is 3.84. The fourth-order valence-electron chi connectivity index (χ4n) is 3.64. The molecule has 4 N–H and O–H groups in total. The van der Waals surface area contributed by atoms with Crippen molar-refractivity contribution in [2.45, 2.75) is 51.2 Å². The van der Waals surface area contributed by atoms with Crippen LogP contribution in [0.5, 0.6) is 5.75 Å². The Balaban J connectivity index is 1.85. The van der Waals surface area contributed by atoms with Crippen molar-refractivity contribution in [2.24, 2.45) is 11.8 Å². The molecule has 7 heteroatoms. The average Bonchev–Trinajstić information content (AvgIpc) is 2.92. The van der Waals surface area contributed by atoms with Crippen LogP contribution in [-0.4, -0.2) is 55.9 Å². The second kappa shape index (κ2) is 11.4. The molecule has 1 saturated carbocycles. The lowest BCUT2D eigenvalue weighted by atomic mass is 9.91. The van der Waals surface area contributed by atoms with Gasteiger partial charge in [0.15, 0.2) is 0 Å². The third kappa shape index (κ3) is 7.49. The van der Waals surface area contributed by atoms with Crippen LogP contribution in [0.15, 0.2) is 30.4 Å². The van der Waals surface area contributed by atoms with Crippen LogP contribution < -0.4 is 0 Å². The van der Waals surface area contributed by atoms with Gasteiger partial charge in [-0.1, -0.05) is 24.3 Å². The molecule has 1 aliphatic rings. The maximum Gasteiger partial charge on any atom is 0.303 e. The number of Topliss-reactive ketones (excluding diaryl/α,β-unsaturated/α-hetero) is 1. The summed E-state index contributed by atoms with van der Waals surface area (Å²) in [7, 11) is 0. The first-order chi connectivity index (χ1) is 13.8. The van der Waals surface area contributed by atoms with E-state index in [2.05, 4.69) is 0 Å². The zero-order valence-corrected chi connectivity index (χ0v) is 17.5. The lowest BCUT2D eigenvalue weighted by Gasteiger charge is -2.18. The van der Waals surface area contributed by atoms with Crippen LogP contribution in [0.25, 0.3) is 0 Å². The van der Waals surface area contributed by atoms with Gasteiger partial charge in [-0.05, 0) is 48.5 Å². The minimum atomic E-state index is -0.800. The predicted molar refractivity (Wildman–Crippen MR) is 113 cm³/mol. The normalized spacial score (nSPS) is 23.0. The molecule has 4 atom stereocenters. The number of rotatable bonds is 11. The van der Waals surface area contributed by atoms with Crippen LogP contribution in [0.1, 0.15) is 36.8 Å². The number of carbonyl (C=O) groups is 2. The van der Waals surface area contributed by atoms with Crippen LogP contribution >= 0.6 is 11.8 Å². The summed E-state index contributed by atoms with van der Waals surface area (Å²) in [6, 6.07) is 5.19. The number of aromatic hydroxyl groups is 1. The number of carboxylic acid groups (broad SMARTS) is 1. The van der Waals surface area contributed by atoms with E-state index in [0.717, 1.165) is 22.6 Å². The van der Waals surface area contributed by atoms with E-state index in [1.807, 2.05) is 6.07 Å². The molecular weight excluding hydrogens is 392 g/mol. The number of phenolic OH excluding ortho intramolecular Hbond substituents is 1. The van der Waals surface area contributed by atoms with E-state index in [-0.39, 0.29) is 36.2 Å². The van der Waals surface area contributed by atoms with E-state index < -0.39 is 18.2 Å². The van der Waals surface area contributed by atoms with Crippen molar-refractivity contribution in [1.29, 1.82) is 0 Å². The topological polar surface area (TPSA) is 115 Å². The molecule has 0 aliphatic heterocycles. The standard InChI is InChI=1S/C22H30O6S/c1-14-11-15(4-7-19(14)24)12-16(23)5-6-17-18(21(26)13-20(17)25)8-10-29-9-2-3-22(27)28/h4-7,11,16-18,20,23-25H,2-3,8-10,12-13H2,1H3,(H,27,28)/b6-5+/t16-,17+,18-,20-/m1/s1. The molecule has 0 radical (unpaired) electrons. The number of hydrogen-bond acceptors (Lipinski definition) is 6. The number of thioether (sulfide) groups is 1. The van der Waals surface area contributed by atoms with Crippen LogP contribution in [0, 0.1) is 18.8 Å². The van der Waals surface area contributed by atoms with Gasteiger partial charge in [0, 0.05) is 31.1 Å². The zero-order chi connectivity index (χ0) is 21.4. The Labute approximate surface area is 175 Å². The van der Waals surface area contributed by atoms with Crippen molar-refractivity contribution in [3.63, 3.8) is 0 Å². The molecule has 0 aromatic heterocycles. The first-order valence-electron chi connectivity index (χ1n) is 9.93. The minimum absolute atomic E-state index is 0.0435. The Kier molecular flexibility index (Phi) is 9.20. The number of ketones is 1.